The number of Topliss-reactive ketones (excluding diaryl/α,β-unsaturated/α-hetero) is 1. The predicted molar refractivity (Wildman–Crippen MR) is 295 cm³/mol. The second-order valence-corrected chi connectivity index (χ2v) is 21.8. The fourth-order valence-electron chi connectivity index (χ4n) is 10.2. The number of nitrogens with one attached hydrogen (secondary N) is 4. The molecule has 422 valence electrons. The van der Waals surface area contributed by atoms with Gasteiger partial charge in [-0.05, 0) is 107 Å². The molecule has 0 radical (unpaired) electrons. The minimum absolute atomic E-state index is 0.00254. The lowest BCUT2D eigenvalue weighted by molar-refractivity contribution is -0.136. The maximum Gasteiger partial charge on any atom is 0.246 e. The summed E-state index contributed by atoms with van der Waals surface area (Å²) in [4.78, 5) is 85.9. The summed E-state index contributed by atoms with van der Waals surface area (Å²) in [7, 11) is 1.33. The van der Waals surface area contributed by atoms with Gasteiger partial charge in [0.15, 0.2) is 11.5 Å². The van der Waals surface area contributed by atoms with E-state index in [-0.39, 0.29) is 94.3 Å². The van der Waals surface area contributed by atoms with Crippen molar-refractivity contribution in [3.63, 3.8) is 0 Å². The number of phenols is 2. The fraction of sp³-hybridized carbons (Fsp3) is 0.351. The van der Waals surface area contributed by atoms with Crippen molar-refractivity contribution in [3.8, 4) is 51.4 Å². The number of halogens is 2. The van der Waals surface area contributed by atoms with Gasteiger partial charge in [0.25, 0.3) is 0 Å². The number of carbonyl (C=O) groups is 6. The highest BCUT2D eigenvalue weighted by Crippen LogP contribution is 2.49. The number of hydrogen-bond donors (Lipinski definition) is 11. The number of benzene rings is 5. The van der Waals surface area contributed by atoms with Crippen molar-refractivity contribution in [2.24, 2.45) is 23.5 Å². The van der Waals surface area contributed by atoms with Crippen molar-refractivity contribution in [1.29, 1.82) is 0 Å². The maximum absolute atomic E-state index is 15.4. The molecule has 11 bridgehead atoms. The van der Waals surface area contributed by atoms with Gasteiger partial charge < -0.3 is 71.9 Å². The number of ether oxygens (including phenoxy) is 3. The van der Waals surface area contributed by atoms with Gasteiger partial charge in [0.2, 0.25) is 35.3 Å². The number of thiocarbonyl (C=S) groups is 1. The fourth-order valence-corrected chi connectivity index (χ4v) is 11.1. The third-order valence-electron chi connectivity index (χ3n) is 14.3. The number of fused-ring (bicyclic) bond motifs is 15. The van der Waals surface area contributed by atoms with E-state index in [2.05, 4.69) is 21.3 Å². The molecule has 12 N–H and O–H groups in total. The number of primary amides is 1. The summed E-state index contributed by atoms with van der Waals surface area (Å²) in [6.45, 7) is 4.19. The van der Waals surface area contributed by atoms with Gasteiger partial charge in [0.05, 0.1) is 60.9 Å². The molecule has 10 rings (SSSR count). The van der Waals surface area contributed by atoms with Crippen LogP contribution < -0.4 is 41.2 Å². The monoisotopic (exact) mass is 1160 g/mol. The molecule has 0 aliphatic carbocycles. The van der Waals surface area contributed by atoms with Crippen LogP contribution in [0.2, 0.25) is 10.0 Å². The second kappa shape index (κ2) is 24.6. The molecule has 5 aliphatic rings. The molecule has 0 unspecified atom stereocenters. The summed E-state index contributed by atoms with van der Waals surface area (Å²) in [5.74, 6) is -10.9. The van der Waals surface area contributed by atoms with E-state index in [1.165, 1.54) is 86.0 Å². The van der Waals surface area contributed by atoms with E-state index in [1.54, 1.807) is 6.92 Å². The average molecular weight is 1160 g/mol. The molecule has 23 heteroatoms. The van der Waals surface area contributed by atoms with Crippen molar-refractivity contribution >= 4 is 75.6 Å². The van der Waals surface area contributed by atoms with Crippen LogP contribution >= 0.6 is 35.4 Å². The number of amides is 5. The highest BCUT2D eigenvalue weighted by molar-refractivity contribution is 7.80. The van der Waals surface area contributed by atoms with Crippen LogP contribution in [0.3, 0.4) is 0 Å². The number of methoxy groups -OCH3 is 1. The summed E-state index contributed by atoms with van der Waals surface area (Å²) in [6.07, 6.45) is -5.20. The molecule has 0 saturated heterocycles. The number of aliphatic hydroxyl groups excluding tert-OH is 4. The smallest absolute Gasteiger partial charge is 0.246 e. The van der Waals surface area contributed by atoms with Gasteiger partial charge in [-0.1, -0.05) is 80.5 Å². The van der Waals surface area contributed by atoms with Gasteiger partial charge in [-0.3, -0.25) is 28.8 Å². The Balaban J connectivity index is 1.37. The first-order valence-electron chi connectivity index (χ1n) is 25.5. The standard InChI is InChI=1S/C57H59Cl2N5O15S/c1-24(2)11-25(3)54(73)64-50-52(71)29-7-10-42(36(59)16-29)79-45-18-30-17-44(53(45)72)78-41-9-6-28(15-35(41)58)51(70)34-19-40(68)31(20-46(80)49(30)63-56(75)37(21-47(60)69)61-57(50)76)27-5-8-39(67)33(14-27)48-32(38(23-66)62-55(34)74)12-26(22-65)13-43(48)77-4/h5-10,12-18,24-25,31,34,37-38,49-52,65-67,70-72H,11,19-23H2,1-4H3,(H2,60,69)(H,61,76)(H,62,74)(H,63,75)(H,64,73)/t25-,31+,34+,37+,38-,49-,50-,51-,52-/m1/s1. The molecular formula is C57H59Cl2N5O15S. The van der Waals surface area contributed by atoms with Crippen molar-refractivity contribution in [2.75, 3.05) is 13.7 Å². The lowest BCUT2D eigenvalue weighted by atomic mass is 9.79. The first-order chi connectivity index (χ1) is 38.0. The van der Waals surface area contributed by atoms with Gasteiger partial charge >= 0.3 is 0 Å². The molecule has 80 heavy (non-hydrogen) atoms. The lowest BCUT2D eigenvalue weighted by Crippen LogP contribution is -2.57. The van der Waals surface area contributed by atoms with E-state index in [0.717, 1.165) is 0 Å². The van der Waals surface area contributed by atoms with Crippen molar-refractivity contribution in [2.45, 2.75) is 95.4 Å². The SMILES string of the molecule is COc1cc(CO)cc2c1-c1cc(ccc1O)[C@@H]1CC(=S)[C@@H]3NC(=O)[C@H](CC(N)=O)NC(=O)[C@H](NC(=O)[C@H](C)CC(C)C)[C@H](O)c4ccc(c(Cl)c4)Oc4cc3cc(c4O)Oc3ccc(cc3Cl)[C@@H](O)[C@H](CC1=O)C(=O)N[C@@H]2CO. The Kier molecular flexibility index (Phi) is 18.0. The van der Waals surface area contributed by atoms with Gasteiger partial charge in [-0.25, -0.2) is 0 Å². The van der Waals surface area contributed by atoms with Crippen molar-refractivity contribution in [1.82, 2.24) is 21.3 Å². The van der Waals surface area contributed by atoms with E-state index >= 15 is 4.79 Å². The summed E-state index contributed by atoms with van der Waals surface area (Å²) in [5, 5.41) is 79.3. The van der Waals surface area contributed by atoms with Crippen molar-refractivity contribution < 1.29 is 73.6 Å². The molecule has 5 heterocycles. The predicted octanol–water partition coefficient (Wildman–Crippen LogP) is 6.22. The first-order valence-corrected chi connectivity index (χ1v) is 26.7. The Morgan fingerprint density at radius 1 is 0.762 bits per heavy atom. The molecule has 20 nitrogen and oxygen atoms in total. The quantitative estimate of drug-likeness (QED) is 0.0730. The molecule has 9 atom stereocenters. The van der Waals surface area contributed by atoms with Gasteiger partial charge in [-0.2, -0.15) is 0 Å². The summed E-state index contributed by atoms with van der Waals surface area (Å²) in [5.41, 5.74) is 6.66. The third-order valence-corrected chi connectivity index (χ3v) is 15.3. The van der Waals surface area contributed by atoms with Crippen LogP contribution in [0.1, 0.15) is 110 Å². The molecule has 0 spiro atoms. The Hall–Kier alpha value is -7.37. The van der Waals surface area contributed by atoms with E-state index < -0.39 is 128 Å². The Bertz CT molecular complexity index is 3310. The largest absolute Gasteiger partial charge is 0.507 e. The van der Waals surface area contributed by atoms with Crippen LogP contribution in [0.15, 0.2) is 78.9 Å². The zero-order chi connectivity index (χ0) is 58.0. The number of nitrogens with two attached hydrogens (primary N) is 1. The van der Waals surface area contributed by atoms with E-state index in [0.29, 0.717) is 12.0 Å². The van der Waals surface area contributed by atoms with Gasteiger partial charge in [-0.15, -0.1) is 0 Å². The van der Waals surface area contributed by atoms with E-state index in [1.807, 2.05) is 13.8 Å². The zero-order valence-corrected chi connectivity index (χ0v) is 45.9. The first kappa shape index (κ1) is 58.8. The highest BCUT2D eigenvalue weighted by Gasteiger charge is 2.40. The number of phenolic OH excluding ortho intramolecular Hbond substituents is 2. The minimum Gasteiger partial charge on any atom is -0.507 e. The number of aliphatic hydroxyl groups is 4. The highest BCUT2D eigenvalue weighted by atomic mass is 35.5. The molecule has 5 amide bonds. The topological polar surface area (TPSA) is 326 Å². The molecule has 5 aromatic rings. The Labute approximate surface area is 474 Å². The molecule has 0 fully saturated rings. The second-order valence-electron chi connectivity index (χ2n) is 20.5. The Morgan fingerprint density at radius 2 is 1.38 bits per heavy atom. The normalized spacial score (nSPS) is 22.7. The molecular weight excluding hydrogens is 1100 g/mol. The van der Waals surface area contributed by atoms with Crippen LogP contribution in [-0.2, 0) is 35.4 Å². The number of aromatic hydroxyl groups is 2. The van der Waals surface area contributed by atoms with Crippen LogP contribution in [0, 0.1) is 17.8 Å². The third kappa shape index (κ3) is 12.5. The summed E-state index contributed by atoms with van der Waals surface area (Å²) in [6, 6.07) is 11.2. The molecule has 0 saturated carbocycles. The molecule has 0 aromatic heterocycles. The van der Waals surface area contributed by atoms with E-state index in [4.69, 9.17) is 55.4 Å². The van der Waals surface area contributed by atoms with Crippen LogP contribution in [0.25, 0.3) is 11.1 Å². The van der Waals surface area contributed by atoms with Crippen molar-refractivity contribution in [3.05, 3.63) is 122 Å². The molecule has 5 aromatic carbocycles. The molecule has 5 aliphatic heterocycles. The van der Waals surface area contributed by atoms with Crippen LogP contribution in [0.4, 0.5) is 0 Å². The average Bonchev–Trinajstić information content (AvgIpc) is 3.56. The summed E-state index contributed by atoms with van der Waals surface area (Å²) < 4.78 is 18.3. The van der Waals surface area contributed by atoms with Gasteiger partial charge in [0.1, 0.15) is 47.0 Å². The maximum atomic E-state index is 15.4. The number of ketones is 1. The summed E-state index contributed by atoms with van der Waals surface area (Å²) >= 11 is 19.9. The lowest BCUT2D eigenvalue weighted by Gasteiger charge is -2.31. The minimum atomic E-state index is -1.84. The van der Waals surface area contributed by atoms with E-state index in [9.17, 15) is 54.6 Å². The zero-order valence-electron chi connectivity index (χ0n) is 43.6. The number of rotatable bonds is 9. The van der Waals surface area contributed by atoms with Crippen LogP contribution in [0.5, 0.6) is 40.2 Å². The Morgan fingerprint density at radius 3 is 1.95 bits per heavy atom. The number of hydrogen-bond acceptors (Lipinski definition) is 16. The number of carbonyl (C=O) groups excluding carboxylic acids is 6. The van der Waals surface area contributed by atoms with Crippen LogP contribution in [-0.4, -0.2) is 96.6 Å². The van der Waals surface area contributed by atoms with Gasteiger partial charge in [0, 0.05) is 34.2 Å².